The molecule has 0 unspecified atom stereocenters. The Morgan fingerprint density at radius 1 is 1.50 bits per heavy atom. The molecule has 1 saturated carbocycles. The van der Waals surface area contributed by atoms with Crippen LogP contribution in [0.1, 0.15) is 47.2 Å². The van der Waals surface area contributed by atoms with Gasteiger partial charge in [0.25, 0.3) is 0 Å². The predicted molar refractivity (Wildman–Crippen MR) is 82.7 cm³/mol. The van der Waals surface area contributed by atoms with Crippen molar-refractivity contribution in [3.63, 3.8) is 0 Å². The molecule has 3 nitrogen and oxygen atoms in total. The molecule has 0 aliphatic heterocycles. The summed E-state index contributed by atoms with van der Waals surface area (Å²) in [5, 5.41) is 0.269. The fourth-order valence-corrected chi connectivity index (χ4v) is 3.43. The molecule has 0 N–H and O–H groups in total. The average molecular weight is 317 g/mol. The van der Waals surface area contributed by atoms with Crippen molar-refractivity contribution in [3.8, 4) is 0 Å². The van der Waals surface area contributed by atoms with E-state index >= 15 is 0 Å². The molecule has 1 aromatic rings. The van der Waals surface area contributed by atoms with E-state index in [1.807, 2.05) is 12.1 Å². The average Bonchev–Trinajstić information content (AvgIpc) is 3.08. The summed E-state index contributed by atoms with van der Waals surface area (Å²) in [7, 11) is 1.40. The first-order valence-electron chi connectivity index (χ1n) is 6.87. The summed E-state index contributed by atoms with van der Waals surface area (Å²) in [4.78, 5) is 23.1. The summed E-state index contributed by atoms with van der Waals surface area (Å²) in [5.74, 6) is 0.0276. The van der Waals surface area contributed by atoms with Crippen molar-refractivity contribution in [2.75, 3.05) is 7.11 Å². The molecule has 112 valence electrons. The highest BCUT2D eigenvalue weighted by molar-refractivity contribution is 7.13. The first-order valence-corrected chi connectivity index (χ1v) is 8.12. The Bertz CT molecular complexity index is 431. The lowest BCUT2D eigenvalue weighted by atomic mass is 10.1. The minimum absolute atomic E-state index is 0.234. The third-order valence-corrected chi connectivity index (χ3v) is 4.67. The Labute approximate surface area is 129 Å². The molecule has 2 rings (SSSR count). The van der Waals surface area contributed by atoms with Crippen LogP contribution in [0.3, 0.4) is 0 Å². The summed E-state index contributed by atoms with van der Waals surface area (Å²) in [6.07, 6.45) is 6.08. The number of halogens is 1. The van der Waals surface area contributed by atoms with Gasteiger partial charge in [-0.3, -0.25) is 0 Å². The summed E-state index contributed by atoms with van der Waals surface area (Å²) < 4.78 is 4.60. The van der Waals surface area contributed by atoms with Crippen molar-refractivity contribution < 1.29 is 14.3 Å². The molecule has 0 amide bonds. The zero-order valence-electron chi connectivity index (χ0n) is 11.9. The van der Waals surface area contributed by atoms with Crippen LogP contribution in [0.15, 0.2) is 12.1 Å². The van der Waals surface area contributed by atoms with E-state index in [4.69, 9.17) is 11.6 Å². The van der Waals surface area contributed by atoms with E-state index in [-0.39, 0.29) is 17.3 Å². The van der Waals surface area contributed by atoms with Gasteiger partial charge in [0.2, 0.25) is 0 Å². The van der Waals surface area contributed by atoms with Crippen LogP contribution in [0.25, 0.3) is 0 Å². The highest BCUT2D eigenvalue weighted by Gasteiger charge is 2.21. The number of ether oxygens (including phenoxy) is 1. The van der Waals surface area contributed by atoms with Gasteiger partial charge in [0, 0.05) is 16.2 Å². The monoisotopic (exact) mass is 316 g/mol. The number of carbonyl (C=O) groups is 2. The van der Waals surface area contributed by atoms with Gasteiger partial charge in [-0.25, -0.2) is 4.79 Å². The van der Waals surface area contributed by atoms with E-state index in [0.29, 0.717) is 4.88 Å². The molecule has 0 aromatic carbocycles. The highest BCUT2D eigenvalue weighted by Crippen LogP contribution is 2.27. The summed E-state index contributed by atoms with van der Waals surface area (Å²) in [6.45, 7) is 2.12. The van der Waals surface area contributed by atoms with Gasteiger partial charge >= 0.3 is 5.97 Å². The normalized spacial score (nSPS) is 20.9. The highest BCUT2D eigenvalue weighted by atomic mass is 35.5. The Morgan fingerprint density at radius 2 is 2.25 bits per heavy atom. The van der Waals surface area contributed by atoms with Crippen molar-refractivity contribution in [2.24, 2.45) is 5.92 Å². The number of hydrogen-bond donors (Lipinski definition) is 0. The molecule has 1 fully saturated rings. The number of alkyl halides is 1. The molecule has 5 heteroatoms. The van der Waals surface area contributed by atoms with Crippen LogP contribution < -0.4 is 0 Å². The van der Waals surface area contributed by atoms with Gasteiger partial charge in [-0.05, 0) is 37.8 Å². The van der Waals surface area contributed by atoms with Crippen LogP contribution in [-0.4, -0.2) is 24.7 Å². The van der Waals surface area contributed by atoms with Crippen molar-refractivity contribution >= 4 is 35.2 Å². The summed E-state index contributed by atoms with van der Waals surface area (Å²) >= 11 is 7.24. The molecule has 1 heterocycles. The molecule has 0 radical (unpaired) electrons. The molecular formula is C15H21ClO3S. The molecule has 20 heavy (non-hydrogen) atoms. The second-order valence-electron chi connectivity index (χ2n) is 4.81. The van der Waals surface area contributed by atoms with E-state index in [2.05, 4.69) is 11.7 Å². The third kappa shape index (κ3) is 5.63. The van der Waals surface area contributed by atoms with Crippen LogP contribution >= 0.6 is 22.9 Å². The molecule has 0 spiro atoms. The van der Waals surface area contributed by atoms with Gasteiger partial charge in [0.15, 0.2) is 0 Å². The van der Waals surface area contributed by atoms with Gasteiger partial charge < -0.3 is 9.53 Å². The van der Waals surface area contributed by atoms with Crippen molar-refractivity contribution in [1.29, 1.82) is 0 Å². The zero-order valence-corrected chi connectivity index (χ0v) is 13.5. The largest absolute Gasteiger partial charge is 0.465 e. The van der Waals surface area contributed by atoms with Gasteiger partial charge in [0.1, 0.15) is 11.2 Å². The smallest absolute Gasteiger partial charge is 0.348 e. The maximum absolute atomic E-state index is 11.0. The maximum Gasteiger partial charge on any atom is 0.348 e. The minimum Gasteiger partial charge on any atom is -0.465 e. The number of thiophene rings is 1. The van der Waals surface area contributed by atoms with Gasteiger partial charge in [-0.2, -0.15) is 0 Å². The van der Waals surface area contributed by atoms with Crippen LogP contribution in [0.5, 0.6) is 0 Å². The molecular weight excluding hydrogens is 296 g/mol. The lowest BCUT2D eigenvalue weighted by Crippen LogP contribution is -1.96. The third-order valence-electron chi connectivity index (χ3n) is 3.15. The van der Waals surface area contributed by atoms with E-state index in [9.17, 15) is 9.59 Å². The Balaban J connectivity index is 0.000000217. The van der Waals surface area contributed by atoms with Gasteiger partial charge in [-0.15, -0.1) is 22.9 Å². The molecule has 0 saturated heterocycles. The summed E-state index contributed by atoms with van der Waals surface area (Å²) in [6, 6.07) is 3.81. The fourth-order valence-electron chi connectivity index (χ4n) is 2.05. The van der Waals surface area contributed by atoms with Gasteiger partial charge in [0.05, 0.1) is 7.11 Å². The molecule has 1 aliphatic rings. The predicted octanol–water partition coefficient (Wildman–Crippen LogP) is 4.08. The summed E-state index contributed by atoms with van der Waals surface area (Å²) in [5.41, 5.74) is 0. The molecule has 0 bridgehead atoms. The van der Waals surface area contributed by atoms with Crippen LogP contribution in [-0.2, 0) is 16.0 Å². The van der Waals surface area contributed by atoms with Crippen molar-refractivity contribution in [2.45, 2.75) is 44.4 Å². The molecule has 1 aliphatic carbocycles. The van der Waals surface area contributed by atoms with Crippen LogP contribution in [0.2, 0.25) is 0 Å². The second-order valence-corrected chi connectivity index (χ2v) is 6.60. The minimum atomic E-state index is -0.234. The Kier molecular flexibility index (Phi) is 7.85. The zero-order chi connectivity index (χ0) is 15.0. The number of rotatable bonds is 4. The number of aryl methyl sites for hydroxylation is 1. The fraction of sp³-hybridized carbons (Fsp3) is 0.600. The Hall–Kier alpha value is -0.870. The van der Waals surface area contributed by atoms with Crippen molar-refractivity contribution in [1.82, 2.24) is 0 Å². The van der Waals surface area contributed by atoms with E-state index in [0.717, 1.165) is 38.4 Å². The number of aldehydes is 1. The SMILES string of the molecule is CCCc1ccc(C(=O)OC)s1.O=C[C@H]1CC[C@@H](Cl)C1. The lowest BCUT2D eigenvalue weighted by molar-refractivity contribution is -0.110. The van der Waals surface area contributed by atoms with Crippen LogP contribution in [0.4, 0.5) is 0 Å². The first kappa shape index (κ1) is 17.2. The topological polar surface area (TPSA) is 43.4 Å². The van der Waals surface area contributed by atoms with Crippen molar-refractivity contribution in [3.05, 3.63) is 21.9 Å². The quantitative estimate of drug-likeness (QED) is 0.477. The maximum atomic E-state index is 11.0. The van der Waals surface area contributed by atoms with E-state index < -0.39 is 0 Å². The molecule has 2 atom stereocenters. The Morgan fingerprint density at radius 3 is 2.70 bits per heavy atom. The van der Waals surface area contributed by atoms with E-state index in [1.165, 1.54) is 23.3 Å². The molecule has 1 aromatic heterocycles. The standard InChI is InChI=1S/C9H12O2S.C6H9ClO/c1-3-4-7-5-6-8(12-7)9(10)11-2;7-6-2-1-5(3-6)4-8/h5-6H,3-4H2,1-2H3;4-6H,1-3H2/t;5-,6+/m.0/s1. The van der Waals surface area contributed by atoms with Gasteiger partial charge in [-0.1, -0.05) is 13.3 Å². The number of hydrogen-bond acceptors (Lipinski definition) is 4. The first-order chi connectivity index (χ1) is 9.60. The number of carbonyl (C=O) groups excluding carboxylic acids is 2. The lowest BCUT2D eigenvalue weighted by Gasteiger charge is -1.93. The van der Waals surface area contributed by atoms with Crippen LogP contribution in [0, 0.1) is 5.92 Å². The number of methoxy groups -OCH3 is 1. The second kappa shape index (κ2) is 9.14. The van der Waals surface area contributed by atoms with E-state index in [1.54, 1.807) is 0 Å². The number of esters is 1.